The first-order valence-corrected chi connectivity index (χ1v) is 11.5. The van der Waals surface area contributed by atoms with E-state index in [1.54, 1.807) is 6.92 Å². The van der Waals surface area contributed by atoms with E-state index in [0.717, 1.165) is 35.2 Å². The van der Waals surface area contributed by atoms with Crippen LogP contribution in [-0.4, -0.2) is 32.9 Å². The third-order valence-corrected chi connectivity index (χ3v) is 8.12. The number of hydrogen-bond acceptors (Lipinski definition) is 5. The van der Waals surface area contributed by atoms with Gasteiger partial charge < -0.3 is 10.6 Å². The molecular formula is C21H25F2N5O2S. The van der Waals surface area contributed by atoms with Crippen LogP contribution in [0.4, 0.5) is 13.9 Å². The van der Waals surface area contributed by atoms with Crippen LogP contribution in [0.5, 0.6) is 0 Å². The van der Waals surface area contributed by atoms with Gasteiger partial charge in [0.15, 0.2) is 11.0 Å². The highest BCUT2D eigenvalue weighted by Gasteiger charge is 2.54. The standard InChI is InChI=1S/C21H25F2N5O2S/c1-11-16(17-24-2-3-28(17)19(22)23)31-20(26-11)27-15(29)10-25-18(30)21-7-12-4-13(8-21)6-14(5-12)9-21/h2-3,12-14,19H,4-10H2,1H3,(H,25,30)(H,26,27,29). The molecule has 0 unspecified atom stereocenters. The summed E-state index contributed by atoms with van der Waals surface area (Å²) in [5.74, 6) is 1.70. The van der Waals surface area contributed by atoms with Crippen molar-refractivity contribution in [2.45, 2.75) is 52.0 Å². The number of carbonyl (C=O) groups excluding carboxylic acids is 2. The van der Waals surface area contributed by atoms with Gasteiger partial charge in [0.1, 0.15) is 0 Å². The van der Waals surface area contributed by atoms with Crippen LogP contribution in [0.1, 0.15) is 50.8 Å². The van der Waals surface area contributed by atoms with Gasteiger partial charge in [0.25, 0.3) is 0 Å². The number of nitrogens with zero attached hydrogens (tertiary/aromatic N) is 3. The molecule has 2 aromatic rings. The van der Waals surface area contributed by atoms with E-state index in [9.17, 15) is 18.4 Å². The Bertz CT molecular complexity index is 982. The maximum atomic E-state index is 13.1. The summed E-state index contributed by atoms with van der Waals surface area (Å²) in [7, 11) is 0. The lowest BCUT2D eigenvalue weighted by Crippen LogP contribution is -2.54. The van der Waals surface area contributed by atoms with Gasteiger partial charge in [-0.05, 0) is 63.2 Å². The number of nitrogens with one attached hydrogen (secondary N) is 2. The Balaban J connectivity index is 1.21. The molecule has 4 fully saturated rings. The van der Waals surface area contributed by atoms with Gasteiger partial charge in [0.2, 0.25) is 11.8 Å². The number of halogens is 2. The summed E-state index contributed by atoms with van der Waals surface area (Å²) < 4.78 is 27.0. The van der Waals surface area contributed by atoms with E-state index in [-0.39, 0.29) is 29.6 Å². The number of alkyl halides is 2. The van der Waals surface area contributed by atoms with Crippen molar-refractivity contribution in [1.29, 1.82) is 0 Å². The SMILES string of the molecule is Cc1nc(NC(=O)CNC(=O)C23CC4CC(CC(C4)C2)C3)sc1-c1nccn1C(F)F. The summed E-state index contributed by atoms with van der Waals surface area (Å²) >= 11 is 1.09. The van der Waals surface area contributed by atoms with E-state index in [2.05, 4.69) is 20.6 Å². The Labute approximate surface area is 182 Å². The normalized spacial score (nSPS) is 28.8. The first-order valence-electron chi connectivity index (χ1n) is 10.7. The zero-order valence-electron chi connectivity index (χ0n) is 17.2. The van der Waals surface area contributed by atoms with Crippen LogP contribution in [-0.2, 0) is 9.59 Å². The van der Waals surface area contributed by atoms with Gasteiger partial charge in [-0.1, -0.05) is 11.3 Å². The highest BCUT2D eigenvalue weighted by Crippen LogP contribution is 2.60. The number of anilines is 1. The van der Waals surface area contributed by atoms with Crippen molar-refractivity contribution in [3.8, 4) is 10.7 Å². The molecule has 2 N–H and O–H groups in total. The number of aromatic nitrogens is 3. The fourth-order valence-electron chi connectivity index (χ4n) is 6.20. The summed E-state index contributed by atoms with van der Waals surface area (Å²) in [6, 6.07) is 0. The van der Waals surface area contributed by atoms with Gasteiger partial charge >= 0.3 is 6.55 Å². The molecule has 0 spiro atoms. The number of thiazole rings is 1. The average Bonchev–Trinajstić information content (AvgIpc) is 3.31. The van der Waals surface area contributed by atoms with Crippen LogP contribution in [0.2, 0.25) is 0 Å². The average molecular weight is 450 g/mol. The van der Waals surface area contributed by atoms with Crippen molar-refractivity contribution in [3.63, 3.8) is 0 Å². The van der Waals surface area contributed by atoms with Gasteiger partial charge in [-0.2, -0.15) is 8.78 Å². The first kappa shape index (κ1) is 20.5. The van der Waals surface area contributed by atoms with Crippen LogP contribution in [0, 0.1) is 30.1 Å². The molecule has 2 aromatic heterocycles. The summed E-state index contributed by atoms with van der Waals surface area (Å²) in [6.07, 6.45) is 9.10. The van der Waals surface area contributed by atoms with Crippen LogP contribution < -0.4 is 10.6 Å². The predicted octanol–water partition coefficient (Wildman–Crippen LogP) is 3.98. The molecule has 2 amide bonds. The Morgan fingerprint density at radius 3 is 2.48 bits per heavy atom. The molecule has 7 nitrogen and oxygen atoms in total. The zero-order valence-corrected chi connectivity index (χ0v) is 18.1. The largest absolute Gasteiger partial charge is 0.347 e. The minimum atomic E-state index is -2.71. The van der Waals surface area contributed by atoms with E-state index in [1.165, 1.54) is 31.7 Å². The Morgan fingerprint density at radius 2 is 1.87 bits per heavy atom. The number of amides is 2. The maximum Gasteiger partial charge on any atom is 0.320 e. The van der Waals surface area contributed by atoms with Gasteiger partial charge in [-0.25, -0.2) is 9.97 Å². The third kappa shape index (κ3) is 3.75. The summed E-state index contributed by atoms with van der Waals surface area (Å²) in [5.41, 5.74) is 0.206. The lowest BCUT2D eigenvalue weighted by molar-refractivity contribution is -0.146. The highest BCUT2D eigenvalue weighted by atomic mass is 32.1. The van der Waals surface area contributed by atoms with Gasteiger partial charge in [-0.3, -0.25) is 14.2 Å². The molecule has 4 aliphatic carbocycles. The van der Waals surface area contributed by atoms with Crippen LogP contribution in [0.3, 0.4) is 0 Å². The fourth-order valence-corrected chi connectivity index (χ4v) is 7.19. The maximum absolute atomic E-state index is 13.1. The smallest absolute Gasteiger partial charge is 0.320 e. The number of hydrogen-bond donors (Lipinski definition) is 2. The van der Waals surface area contributed by atoms with E-state index in [0.29, 0.717) is 33.5 Å². The van der Waals surface area contributed by atoms with Crippen molar-refractivity contribution < 1.29 is 18.4 Å². The molecular weight excluding hydrogens is 424 g/mol. The summed E-state index contributed by atoms with van der Waals surface area (Å²) in [6.45, 7) is -1.15. The molecule has 0 saturated heterocycles. The van der Waals surface area contributed by atoms with E-state index in [1.807, 2.05) is 0 Å². The molecule has 0 radical (unpaired) electrons. The number of carbonyl (C=O) groups is 2. The molecule has 2 heterocycles. The molecule has 0 aliphatic heterocycles. The molecule has 166 valence electrons. The first-order chi connectivity index (χ1) is 14.8. The van der Waals surface area contributed by atoms with Crippen molar-refractivity contribution >= 4 is 28.3 Å². The number of rotatable bonds is 6. The fraction of sp³-hybridized carbons (Fsp3) is 0.619. The van der Waals surface area contributed by atoms with Gasteiger partial charge in [0, 0.05) is 17.8 Å². The van der Waals surface area contributed by atoms with Crippen molar-refractivity contribution in [2.24, 2.45) is 23.2 Å². The third-order valence-electron chi connectivity index (χ3n) is 7.05. The molecule has 0 aromatic carbocycles. The van der Waals surface area contributed by atoms with Gasteiger partial charge in [-0.15, -0.1) is 0 Å². The molecule has 4 aliphatic rings. The Morgan fingerprint density at radius 1 is 1.23 bits per heavy atom. The topological polar surface area (TPSA) is 88.9 Å². The van der Waals surface area contributed by atoms with Crippen LogP contribution >= 0.6 is 11.3 Å². The van der Waals surface area contributed by atoms with Crippen molar-refractivity contribution in [2.75, 3.05) is 11.9 Å². The van der Waals surface area contributed by atoms with E-state index < -0.39 is 6.55 Å². The molecule has 10 heteroatoms. The molecule has 4 bridgehead atoms. The second kappa shape index (κ2) is 7.65. The van der Waals surface area contributed by atoms with Crippen LogP contribution in [0.25, 0.3) is 10.7 Å². The molecule has 31 heavy (non-hydrogen) atoms. The quantitative estimate of drug-likeness (QED) is 0.698. The second-order valence-corrected chi connectivity index (χ2v) is 10.3. The lowest BCUT2D eigenvalue weighted by atomic mass is 9.49. The molecule has 0 atom stereocenters. The highest BCUT2D eigenvalue weighted by molar-refractivity contribution is 7.19. The Kier molecular flexibility index (Phi) is 5.07. The summed E-state index contributed by atoms with van der Waals surface area (Å²) in [5, 5.41) is 5.81. The summed E-state index contributed by atoms with van der Waals surface area (Å²) in [4.78, 5) is 34.1. The Hall–Kier alpha value is -2.36. The van der Waals surface area contributed by atoms with Crippen molar-refractivity contribution in [1.82, 2.24) is 19.9 Å². The lowest BCUT2D eigenvalue weighted by Gasteiger charge is -2.55. The predicted molar refractivity (Wildman–Crippen MR) is 112 cm³/mol. The van der Waals surface area contributed by atoms with Crippen LogP contribution in [0.15, 0.2) is 12.4 Å². The minimum Gasteiger partial charge on any atom is -0.347 e. The van der Waals surface area contributed by atoms with E-state index >= 15 is 0 Å². The van der Waals surface area contributed by atoms with Crippen molar-refractivity contribution in [3.05, 3.63) is 18.1 Å². The van der Waals surface area contributed by atoms with E-state index in [4.69, 9.17) is 0 Å². The minimum absolute atomic E-state index is 0.00304. The molecule has 6 rings (SSSR count). The second-order valence-electron chi connectivity index (χ2n) is 9.30. The molecule has 4 saturated carbocycles. The monoisotopic (exact) mass is 449 g/mol. The number of imidazole rings is 1. The van der Waals surface area contributed by atoms with Gasteiger partial charge in [0.05, 0.1) is 17.1 Å². The zero-order chi connectivity index (χ0) is 21.8. The number of aryl methyl sites for hydroxylation is 1.